The Morgan fingerprint density at radius 1 is 1.33 bits per heavy atom. The molecular weight excluding hydrogens is 332 g/mol. The maximum Gasteiger partial charge on any atom is 0.262 e. The Bertz CT molecular complexity index is 807. The van der Waals surface area contributed by atoms with Gasteiger partial charge in [-0.2, -0.15) is 0 Å². The number of hydrogen-bond acceptors (Lipinski definition) is 4. The number of nitrogens with one attached hydrogen (secondary N) is 2. The first-order valence-corrected chi connectivity index (χ1v) is 7.62. The zero-order chi connectivity index (χ0) is 17.1. The Morgan fingerprint density at radius 2 is 2.17 bits per heavy atom. The van der Waals surface area contributed by atoms with Crippen molar-refractivity contribution in [1.29, 1.82) is 0 Å². The summed E-state index contributed by atoms with van der Waals surface area (Å²) in [6.07, 6.45) is 0.160. The minimum atomic E-state index is -0.211. The molecule has 0 radical (unpaired) electrons. The number of hydrogen-bond donors (Lipinski definition) is 2. The Hall–Kier alpha value is -2.73. The van der Waals surface area contributed by atoms with Crippen molar-refractivity contribution in [2.45, 2.75) is 6.42 Å². The molecule has 6 nitrogen and oxygen atoms in total. The summed E-state index contributed by atoms with van der Waals surface area (Å²) in [6, 6.07) is 10.3. The van der Waals surface area contributed by atoms with Crippen LogP contribution in [0.25, 0.3) is 0 Å². The van der Waals surface area contributed by atoms with Gasteiger partial charge in [-0.15, -0.1) is 0 Å². The van der Waals surface area contributed by atoms with Crippen LogP contribution in [0.1, 0.15) is 5.56 Å². The molecule has 0 bridgehead atoms. The smallest absolute Gasteiger partial charge is 0.262 e. The Balaban J connectivity index is 1.68. The molecule has 2 N–H and O–H groups in total. The van der Waals surface area contributed by atoms with Crippen molar-refractivity contribution < 1.29 is 19.1 Å². The molecular formula is C17H15ClN2O4. The number of ether oxygens (including phenoxy) is 2. The molecule has 124 valence electrons. The highest BCUT2D eigenvalue weighted by molar-refractivity contribution is 6.32. The second-order valence-corrected chi connectivity index (χ2v) is 5.65. The lowest BCUT2D eigenvalue weighted by Gasteiger charge is -2.18. The molecule has 2 aromatic carbocycles. The van der Waals surface area contributed by atoms with E-state index >= 15 is 0 Å². The van der Waals surface area contributed by atoms with Gasteiger partial charge in [0.05, 0.1) is 24.2 Å². The van der Waals surface area contributed by atoms with E-state index in [0.29, 0.717) is 27.9 Å². The van der Waals surface area contributed by atoms with Crippen molar-refractivity contribution in [3.63, 3.8) is 0 Å². The third-order valence-electron chi connectivity index (χ3n) is 3.48. The SMILES string of the molecule is COc1ccc(NC(=O)Cc2ccc3c(c2)NC(=O)CO3)cc1Cl. The molecule has 24 heavy (non-hydrogen) atoms. The largest absolute Gasteiger partial charge is 0.495 e. The van der Waals surface area contributed by atoms with Gasteiger partial charge in [0.1, 0.15) is 11.5 Å². The van der Waals surface area contributed by atoms with Crippen LogP contribution < -0.4 is 20.1 Å². The van der Waals surface area contributed by atoms with Gasteiger partial charge in [-0.05, 0) is 35.9 Å². The number of methoxy groups -OCH3 is 1. The van der Waals surface area contributed by atoms with E-state index in [0.717, 1.165) is 5.56 Å². The summed E-state index contributed by atoms with van der Waals surface area (Å²) in [4.78, 5) is 23.5. The molecule has 0 saturated heterocycles. The lowest BCUT2D eigenvalue weighted by molar-refractivity contribution is -0.118. The summed E-state index contributed by atoms with van der Waals surface area (Å²) in [7, 11) is 1.53. The van der Waals surface area contributed by atoms with E-state index in [4.69, 9.17) is 21.1 Å². The van der Waals surface area contributed by atoms with Gasteiger partial charge < -0.3 is 20.1 Å². The highest BCUT2D eigenvalue weighted by Gasteiger charge is 2.16. The Labute approximate surface area is 143 Å². The fourth-order valence-corrected chi connectivity index (χ4v) is 2.63. The second-order valence-electron chi connectivity index (χ2n) is 5.24. The molecule has 0 spiro atoms. The van der Waals surface area contributed by atoms with Crippen molar-refractivity contribution in [3.8, 4) is 11.5 Å². The molecule has 1 heterocycles. The molecule has 0 unspecified atom stereocenters. The quantitative estimate of drug-likeness (QED) is 0.892. The van der Waals surface area contributed by atoms with Gasteiger partial charge >= 0.3 is 0 Å². The lowest BCUT2D eigenvalue weighted by atomic mass is 10.1. The number of carbonyl (C=O) groups is 2. The van der Waals surface area contributed by atoms with Crippen LogP contribution in [0.15, 0.2) is 36.4 Å². The van der Waals surface area contributed by atoms with E-state index in [9.17, 15) is 9.59 Å². The van der Waals surface area contributed by atoms with E-state index in [1.165, 1.54) is 7.11 Å². The monoisotopic (exact) mass is 346 g/mol. The van der Waals surface area contributed by atoms with Crippen molar-refractivity contribution in [3.05, 3.63) is 47.0 Å². The van der Waals surface area contributed by atoms with Crippen LogP contribution in [0, 0.1) is 0 Å². The molecule has 0 aromatic heterocycles. The first kappa shape index (κ1) is 16.1. The van der Waals surface area contributed by atoms with Gasteiger partial charge in [-0.3, -0.25) is 9.59 Å². The molecule has 3 rings (SSSR count). The van der Waals surface area contributed by atoms with Crippen LogP contribution in [0.2, 0.25) is 5.02 Å². The number of halogens is 1. The van der Waals surface area contributed by atoms with Gasteiger partial charge in [0.25, 0.3) is 5.91 Å². The zero-order valence-corrected chi connectivity index (χ0v) is 13.6. The highest BCUT2D eigenvalue weighted by Crippen LogP contribution is 2.29. The molecule has 7 heteroatoms. The number of rotatable bonds is 4. The third-order valence-corrected chi connectivity index (χ3v) is 3.77. The van der Waals surface area contributed by atoms with Crippen LogP contribution in [0.4, 0.5) is 11.4 Å². The number of anilines is 2. The predicted molar refractivity (Wildman–Crippen MR) is 90.9 cm³/mol. The first-order valence-electron chi connectivity index (χ1n) is 7.24. The second kappa shape index (κ2) is 6.80. The summed E-state index contributed by atoms with van der Waals surface area (Å²) in [6.45, 7) is 0.00502. The van der Waals surface area contributed by atoms with Crippen LogP contribution in [-0.4, -0.2) is 25.5 Å². The molecule has 1 aliphatic rings. The highest BCUT2D eigenvalue weighted by atomic mass is 35.5. The fourth-order valence-electron chi connectivity index (χ4n) is 2.37. The minimum Gasteiger partial charge on any atom is -0.495 e. The van der Waals surface area contributed by atoms with E-state index in [-0.39, 0.29) is 24.8 Å². The summed E-state index contributed by atoms with van der Waals surface area (Å²) in [5.74, 6) is 0.733. The summed E-state index contributed by atoms with van der Waals surface area (Å²) >= 11 is 6.04. The Morgan fingerprint density at radius 3 is 2.92 bits per heavy atom. The number of amides is 2. The van der Waals surface area contributed by atoms with E-state index in [1.807, 2.05) is 0 Å². The van der Waals surface area contributed by atoms with Crippen LogP contribution in [-0.2, 0) is 16.0 Å². The van der Waals surface area contributed by atoms with Gasteiger partial charge in [0, 0.05) is 5.69 Å². The van der Waals surface area contributed by atoms with E-state index < -0.39 is 0 Å². The summed E-state index contributed by atoms with van der Waals surface area (Å²) in [5.41, 5.74) is 1.92. The van der Waals surface area contributed by atoms with Crippen molar-refractivity contribution in [2.75, 3.05) is 24.4 Å². The van der Waals surface area contributed by atoms with Gasteiger partial charge in [0.2, 0.25) is 5.91 Å². The molecule has 0 saturated carbocycles. The molecule has 2 amide bonds. The normalized spacial score (nSPS) is 12.7. The average Bonchev–Trinajstić information content (AvgIpc) is 2.54. The standard InChI is InChI=1S/C17H15ClN2O4/c1-23-14-5-3-11(8-12(14)18)19-16(21)7-10-2-4-15-13(6-10)20-17(22)9-24-15/h2-6,8H,7,9H2,1H3,(H,19,21)(H,20,22). The predicted octanol–water partition coefficient (Wildman–Crippen LogP) is 2.86. The maximum atomic E-state index is 12.2. The number of fused-ring (bicyclic) bond motifs is 1. The van der Waals surface area contributed by atoms with Gasteiger partial charge in [-0.1, -0.05) is 17.7 Å². The van der Waals surface area contributed by atoms with Crippen LogP contribution >= 0.6 is 11.6 Å². The minimum absolute atomic E-state index is 0.00502. The van der Waals surface area contributed by atoms with Crippen molar-refractivity contribution in [1.82, 2.24) is 0 Å². The molecule has 1 aliphatic heterocycles. The van der Waals surface area contributed by atoms with E-state index in [1.54, 1.807) is 36.4 Å². The molecule has 0 atom stereocenters. The van der Waals surface area contributed by atoms with Gasteiger partial charge in [-0.25, -0.2) is 0 Å². The average molecular weight is 347 g/mol. The molecule has 2 aromatic rings. The lowest BCUT2D eigenvalue weighted by Crippen LogP contribution is -2.25. The molecule has 0 aliphatic carbocycles. The first-order chi connectivity index (χ1) is 11.5. The van der Waals surface area contributed by atoms with Crippen molar-refractivity contribution in [2.24, 2.45) is 0 Å². The summed E-state index contributed by atoms with van der Waals surface area (Å²) < 4.78 is 10.4. The Kier molecular flexibility index (Phi) is 4.57. The zero-order valence-electron chi connectivity index (χ0n) is 12.9. The van der Waals surface area contributed by atoms with Crippen molar-refractivity contribution >= 4 is 34.8 Å². The molecule has 0 fully saturated rings. The third kappa shape index (κ3) is 3.60. The number of carbonyl (C=O) groups excluding carboxylic acids is 2. The van der Waals surface area contributed by atoms with Crippen LogP contribution in [0.5, 0.6) is 11.5 Å². The fraction of sp³-hybridized carbons (Fsp3) is 0.176. The maximum absolute atomic E-state index is 12.2. The number of benzene rings is 2. The summed E-state index contributed by atoms with van der Waals surface area (Å²) in [5, 5.41) is 5.91. The topological polar surface area (TPSA) is 76.7 Å². The van der Waals surface area contributed by atoms with Gasteiger partial charge in [0.15, 0.2) is 6.61 Å². The van der Waals surface area contributed by atoms with E-state index in [2.05, 4.69) is 10.6 Å². The van der Waals surface area contributed by atoms with Crippen LogP contribution in [0.3, 0.4) is 0 Å².